The molecule has 0 amide bonds. The van der Waals surface area contributed by atoms with Gasteiger partial charge < -0.3 is 9.84 Å². The summed E-state index contributed by atoms with van der Waals surface area (Å²) >= 11 is 0. The summed E-state index contributed by atoms with van der Waals surface area (Å²) in [5.41, 5.74) is -0.399. The predicted molar refractivity (Wildman–Crippen MR) is 42.4 cm³/mol. The molecule has 0 spiro atoms. The molecule has 0 saturated carbocycles. The maximum absolute atomic E-state index is 9.98. The lowest BCUT2D eigenvalue weighted by Crippen LogP contribution is -2.40. The maximum atomic E-state index is 9.98. The van der Waals surface area contributed by atoms with Crippen LogP contribution in [-0.2, 0) is 4.74 Å². The molecule has 0 aromatic heterocycles. The standard InChI is InChI=1S/C9H16O2/c1-2-9(10)5-7-3-4-8(6-9)11-7/h7-8,10H,2-6H2,1H3. The Morgan fingerprint density at radius 2 is 1.91 bits per heavy atom. The molecule has 2 rings (SSSR count). The van der Waals surface area contributed by atoms with E-state index in [1.807, 2.05) is 0 Å². The first-order valence-corrected chi connectivity index (χ1v) is 4.60. The quantitative estimate of drug-likeness (QED) is 0.623. The lowest BCUT2D eigenvalue weighted by atomic mass is 9.88. The van der Waals surface area contributed by atoms with E-state index in [0.29, 0.717) is 12.2 Å². The highest BCUT2D eigenvalue weighted by Crippen LogP contribution is 2.39. The molecule has 0 radical (unpaired) electrons. The second-order valence-corrected chi connectivity index (χ2v) is 3.94. The zero-order chi connectivity index (χ0) is 7.90. The Bertz CT molecular complexity index is 144. The van der Waals surface area contributed by atoms with Gasteiger partial charge >= 0.3 is 0 Å². The zero-order valence-electron chi connectivity index (χ0n) is 7.05. The van der Waals surface area contributed by atoms with Crippen LogP contribution in [0.5, 0.6) is 0 Å². The van der Waals surface area contributed by atoms with Gasteiger partial charge in [-0.25, -0.2) is 0 Å². The minimum atomic E-state index is -0.399. The molecule has 2 bridgehead atoms. The van der Waals surface area contributed by atoms with E-state index in [2.05, 4.69) is 6.92 Å². The molecule has 0 aromatic carbocycles. The van der Waals surface area contributed by atoms with Crippen molar-refractivity contribution in [1.29, 1.82) is 0 Å². The molecule has 2 unspecified atom stereocenters. The Hall–Kier alpha value is -0.0800. The summed E-state index contributed by atoms with van der Waals surface area (Å²) in [7, 11) is 0. The van der Waals surface area contributed by atoms with Crippen molar-refractivity contribution in [2.45, 2.75) is 56.8 Å². The molecular weight excluding hydrogens is 140 g/mol. The van der Waals surface area contributed by atoms with Gasteiger partial charge in [-0.3, -0.25) is 0 Å². The van der Waals surface area contributed by atoms with E-state index in [4.69, 9.17) is 4.74 Å². The molecule has 2 saturated heterocycles. The topological polar surface area (TPSA) is 29.5 Å². The summed E-state index contributed by atoms with van der Waals surface area (Å²) in [6, 6.07) is 0. The maximum Gasteiger partial charge on any atom is 0.0694 e. The van der Waals surface area contributed by atoms with Crippen LogP contribution in [0.3, 0.4) is 0 Å². The fraction of sp³-hybridized carbons (Fsp3) is 1.00. The van der Waals surface area contributed by atoms with Crippen LogP contribution in [0.25, 0.3) is 0 Å². The molecule has 0 aliphatic carbocycles. The number of hydrogen-bond donors (Lipinski definition) is 1. The molecule has 2 nitrogen and oxygen atoms in total. The van der Waals surface area contributed by atoms with Gasteiger partial charge in [0, 0.05) is 12.8 Å². The number of fused-ring (bicyclic) bond motifs is 2. The average Bonchev–Trinajstić information content (AvgIpc) is 2.31. The van der Waals surface area contributed by atoms with E-state index in [-0.39, 0.29) is 0 Å². The van der Waals surface area contributed by atoms with Gasteiger partial charge in [-0.05, 0) is 19.3 Å². The minimum absolute atomic E-state index is 0.360. The van der Waals surface area contributed by atoms with Crippen LogP contribution in [0.4, 0.5) is 0 Å². The normalized spacial score (nSPS) is 49.6. The van der Waals surface area contributed by atoms with Crippen LogP contribution in [0, 0.1) is 0 Å². The van der Waals surface area contributed by atoms with Crippen LogP contribution in [0.15, 0.2) is 0 Å². The van der Waals surface area contributed by atoms with Crippen molar-refractivity contribution in [2.75, 3.05) is 0 Å². The van der Waals surface area contributed by atoms with Gasteiger partial charge in [0.15, 0.2) is 0 Å². The van der Waals surface area contributed by atoms with Crippen LogP contribution >= 0.6 is 0 Å². The van der Waals surface area contributed by atoms with Gasteiger partial charge in [0.05, 0.1) is 17.8 Å². The molecule has 2 atom stereocenters. The molecule has 0 aromatic rings. The summed E-state index contributed by atoms with van der Waals surface area (Å²) in [6.07, 6.45) is 5.64. The lowest BCUT2D eigenvalue weighted by Gasteiger charge is -2.35. The molecule has 2 aliphatic rings. The SMILES string of the molecule is CCC1(O)CC2CCC(C1)O2. The average molecular weight is 156 g/mol. The van der Waals surface area contributed by atoms with E-state index in [0.717, 1.165) is 32.1 Å². The molecular formula is C9H16O2. The summed E-state index contributed by atoms with van der Waals surface area (Å²) < 4.78 is 5.63. The second kappa shape index (κ2) is 2.46. The van der Waals surface area contributed by atoms with Gasteiger partial charge in [-0.2, -0.15) is 0 Å². The van der Waals surface area contributed by atoms with Gasteiger partial charge in [-0.15, -0.1) is 0 Å². The second-order valence-electron chi connectivity index (χ2n) is 3.94. The van der Waals surface area contributed by atoms with Crippen LogP contribution in [0.1, 0.15) is 39.0 Å². The highest BCUT2D eigenvalue weighted by Gasteiger charge is 2.42. The highest BCUT2D eigenvalue weighted by atomic mass is 16.5. The molecule has 1 N–H and O–H groups in total. The molecule has 2 heteroatoms. The third kappa shape index (κ3) is 1.30. The van der Waals surface area contributed by atoms with Crippen molar-refractivity contribution in [3.8, 4) is 0 Å². The van der Waals surface area contributed by atoms with Crippen molar-refractivity contribution < 1.29 is 9.84 Å². The van der Waals surface area contributed by atoms with Gasteiger partial charge in [-0.1, -0.05) is 6.92 Å². The lowest BCUT2D eigenvalue weighted by molar-refractivity contribution is -0.112. The van der Waals surface area contributed by atoms with E-state index in [1.54, 1.807) is 0 Å². The minimum Gasteiger partial charge on any atom is -0.390 e. The predicted octanol–water partition coefficient (Wildman–Crippen LogP) is 1.47. The van der Waals surface area contributed by atoms with Crippen molar-refractivity contribution in [3.63, 3.8) is 0 Å². The summed E-state index contributed by atoms with van der Waals surface area (Å²) in [6.45, 7) is 2.06. The summed E-state index contributed by atoms with van der Waals surface area (Å²) in [4.78, 5) is 0. The summed E-state index contributed by atoms with van der Waals surface area (Å²) in [5, 5.41) is 9.98. The van der Waals surface area contributed by atoms with E-state index >= 15 is 0 Å². The number of rotatable bonds is 1. The third-order valence-corrected chi connectivity index (χ3v) is 3.07. The van der Waals surface area contributed by atoms with Crippen molar-refractivity contribution in [3.05, 3.63) is 0 Å². The van der Waals surface area contributed by atoms with Gasteiger partial charge in [0.25, 0.3) is 0 Å². The van der Waals surface area contributed by atoms with Crippen molar-refractivity contribution >= 4 is 0 Å². The van der Waals surface area contributed by atoms with Crippen LogP contribution in [0.2, 0.25) is 0 Å². The van der Waals surface area contributed by atoms with Gasteiger partial charge in [0.2, 0.25) is 0 Å². The van der Waals surface area contributed by atoms with E-state index in [9.17, 15) is 5.11 Å². The molecule has 2 aliphatic heterocycles. The first-order valence-electron chi connectivity index (χ1n) is 4.60. The fourth-order valence-corrected chi connectivity index (χ4v) is 2.30. The molecule has 2 fully saturated rings. The Morgan fingerprint density at radius 3 is 2.36 bits per heavy atom. The Morgan fingerprint density at radius 1 is 1.36 bits per heavy atom. The Labute approximate surface area is 67.6 Å². The Balaban J connectivity index is 2.07. The highest BCUT2D eigenvalue weighted by molar-refractivity contribution is 4.93. The Kier molecular flexibility index (Phi) is 1.69. The van der Waals surface area contributed by atoms with E-state index in [1.165, 1.54) is 0 Å². The number of ether oxygens (including phenoxy) is 1. The van der Waals surface area contributed by atoms with Crippen LogP contribution < -0.4 is 0 Å². The largest absolute Gasteiger partial charge is 0.390 e. The summed E-state index contributed by atoms with van der Waals surface area (Å²) in [5.74, 6) is 0. The third-order valence-electron chi connectivity index (χ3n) is 3.07. The number of hydrogen-bond acceptors (Lipinski definition) is 2. The van der Waals surface area contributed by atoms with Crippen molar-refractivity contribution in [2.24, 2.45) is 0 Å². The molecule has 64 valence electrons. The first kappa shape index (κ1) is 7.56. The van der Waals surface area contributed by atoms with Crippen LogP contribution in [-0.4, -0.2) is 22.9 Å². The number of aliphatic hydroxyl groups is 1. The molecule has 11 heavy (non-hydrogen) atoms. The zero-order valence-corrected chi connectivity index (χ0v) is 7.05. The van der Waals surface area contributed by atoms with Crippen molar-refractivity contribution in [1.82, 2.24) is 0 Å². The first-order chi connectivity index (χ1) is 5.22. The molecule has 2 heterocycles. The fourth-order valence-electron chi connectivity index (χ4n) is 2.30. The van der Waals surface area contributed by atoms with Gasteiger partial charge in [0.1, 0.15) is 0 Å². The monoisotopic (exact) mass is 156 g/mol. The smallest absolute Gasteiger partial charge is 0.0694 e. The van der Waals surface area contributed by atoms with E-state index < -0.39 is 5.60 Å².